The molecule has 0 atom stereocenters. The summed E-state index contributed by atoms with van der Waals surface area (Å²) in [7, 11) is 0. The van der Waals surface area contributed by atoms with Crippen LogP contribution in [0.1, 0.15) is 22.3 Å². The Morgan fingerprint density at radius 3 is 1.64 bits per heavy atom. The molecule has 0 N–H and O–H groups in total. The molecule has 4 nitrogen and oxygen atoms in total. The van der Waals surface area contributed by atoms with Crippen molar-refractivity contribution < 1.29 is 4.74 Å². The summed E-state index contributed by atoms with van der Waals surface area (Å²) in [5.41, 5.74) is 16.6. The number of ether oxygens (including phenoxy) is 1. The number of para-hydroxylation sites is 2. The smallest absolute Gasteiger partial charge is 0.160 e. The van der Waals surface area contributed by atoms with E-state index in [9.17, 15) is 0 Å². The molecule has 2 aliphatic rings. The SMILES string of the molecule is c1ccc(-c2cc(-c3ccc(-c4cccc(-c5nc6ccccc6c6ccc7c(c56)Oc5ccccc5C75c6ccccc6-c6ccccc65)c4)cc3)nc(-c3ccccc3)n2)cc1. The predicted molar refractivity (Wildman–Crippen MR) is 259 cm³/mol. The Kier molecular flexibility index (Phi) is 8.09. The zero-order chi connectivity index (χ0) is 42.2. The number of hydrogen-bond donors (Lipinski definition) is 0. The molecule has 0 saturated heterocycles. The first-order chi connectivity index (χ1) is 31.7. The van der Waals surface area contributed by atoms with Gasteiger partial charge in [0, 0.05) is 38.8 Å². The van der Waals surface area contributed by atoms with Crippen molar-refractivity contribution in [1.82, 2.24) is 15.0 Å². The fourth-order valence-electron chi connectivity index (χ4n) is 10.3. The maximum atomic E-state index is 7.21. The Morgan fingerprint density at radius 1 is 0.344 bits per heavy atom. The molecule has 11 aromatic rings. The third-order valence-electron chi connectivity index (χ3n) is 13.2. The van der Waals surface area contributed by atoms with Crippen LogP contribution in [0.2, 0.25) is 0 Å². The van der Waals surface area contributed by atoms with E-state index in [0.717, 1.165) is 94.8 Å². The molecule has 9 aromatic carbocycles. The third-order valence-corrected chi connectivity index (χ3v) is 13.2. The molecule has 13 rings (SSSR count). The molecular weight excluding hydrogens is 779 g/mol. The molecule has 2 aromatic heterocycles. The lowest BCUT2D eigenvalue weighted by Gasteiger charge is -2.40. The Hall–Kier alpha value is -8.47. The average molecular weight is 816 g/mol. The monoisotopic (exact) mass is 815 g/mol. The van der Waals surface area contributed by atoms with E-state index in [1.807, 2.05) is 36.4 Å². The molecule has 1 aliphatic heterocycles. The molecule has 298 valence electrons. The molecule has 1 aliphatic carbocycles. The zero-order valence-corrected chi connectivity index (χ0v) is 34.6. The second kappa shape index (κ2) is 14.3. The van der Waals surface area contributed by atoms with E-state index < -0.39 is 5.41 Å². The van der Waals surface area contributed by atoms with Gasteiger partial charge in [-0.3, -0.25) is 0 Å². The molecule has 4 heteroatoms. The maximum Gasteiger partial charge on any atom is 0.160 e. The normalized spacial score (nSPS) is 12.9. The van der Waals surface area contributed by atoms with Crippen molar-refractivity contribution in [2.24, 2.45) is 0 Å². The van der Waals surface area contributed by atoms with E-state index >= 15 is 0 Å². The lowest BCUT2D eigenvalue weighted by Crippen LogP contribution is -2.32. The minimum absolute atomic E-state index is 0.578. The van der Waals surface area contributed by atoms with Crippen molar-refractivity contribution >= 4 is 21.7 Å². The fourth-order valence-corrected chi connectivity index (χ4v) is 10.3. The first-order valence-electron chi connectivity index (χ1n) is 21.8. The Morgan fingerprint density at radius 2 is 0.906 bits per heavy atom. The number of rotatable bonds is 5. The minimum Gasteiger partial charge on any atom is -0.456 e. The van der Waals surface area contributed by atoms with E-state index in [2.05, 4.69) is 188 Å². The summed E-state index contributed by atoms with van der Waals surface area (Å²) in [6, 6.07) is 79.4. The van der Waals surface area contributed by atoms with Gasteiger partial charge in [0.25, 0.3) is 0 Å². The highest BCUT2D eigenvalue weighted by Gasteiger charge is 2.51. The second-order valence-corrected chi connectivity index (χ2v) is 16.6. The van der Waals surface area contributed by atoms with E-state index in [-0.39, 0.29) is 0 Å². The molecule has 0 amide bonds. The van der Waals surface area contributed by atoms with Crippen molar-refractivity contribution in [3.05, 3.63) is 247 Å². The van der Waals surface area contributed by atoms with E-state index in [1.54, 1.807) is 0 Å². The topological polar surface area (TPSA) is 47.9 Å². The summed E-state index contributed by atoms with van der Waals surface area (Å²) in [6.45, 7) is 0. The molecule has 0 radical (unpaired) electrons. The van der Waals surface area contributed by atoms with Crippen LogP contribution < -0.4 is 4.74 Å². The standard InChI is InChI=1S/C60H37N3O/c1-3-16-39(17-4-1)53-37-54(63-59(62-53)41-18-5-2-6-19-41)40-32-30-38(31-33-40)42-20-15-21-43(36-42)57-56-47(46-24-9-13-28-52(46)61-57)34-35-51-58(56)64-55-29-14-12-27-50(55)60(51)48-25-10-7-22-44(48)45-23-8-11-26-49(45)60/h1-37H. The van der Waals surface area contributed by atoms with Crippen LogP contribution in [0.25, 0.3) is 89.1 Å². The van der Waals surface area contributed by atoms with E-state index in [1.165, 1.54) is 22.3 Å². The molecule has 1 spiro atoms. The van der Waals surface area contributed by atoms with Gasteiger partial charge in [0.1, 0.15) is 11.5 Å². The highest BCUT2D eigenvalue weighted by molar-refractivity contribution is 6.14. The van der Waals surface area contributed by atoms with Crippen molar-refractivity contribution in [3.8, 4) is 78.9 Å². The van der Waals surface area contributed by atoms with Gasteiger partial charge < -0.3 is 4.74 Å². The highest BCUT2D eigenvalue weighted by atomic mass is 16.5. The van der Waals surface area contributed by atoms with Gasteiger partial charge in [-0.15, -0.1) is 0 Å². The Labute approximate surface area is 370 Å². The molecule has 0 saturated carbocycles. The summed E-state index contributed by atoms with van der Waals surface area (Å²) in [5, 5.41) is 3.21. The Balaban J connectivity index is 0.977. The van der Waals surface area contributed by atoms with Gasteiger partial charge in [0.2, 0.25) is 0 Å². The van der Waals surface area contributed by atoms with Crippen LogP contribution in [-0.4, -0.2) is 15.0 Å². The van der Waals surface area contributed by atoms with Crippen LogP contribution in [-0.2, 0) is 5.41 Å². The van der Waals surface area contributed by atoms with Gasteiger partial charge in [0.15, 0.2) is 5.82 Å². The number of nitrogens with zero attached hydrogens (tertiary/aromatic N) is 3. The van der Waals surface area contributed by atoms with Crippen LogP contribution in [0.3, 0.4) is 0 Å². The van der Waals surface area contributed by atoms with Gasteiger partial charge in [-0.2, -0.15) is 0 Å². The van der Waals surface area contributed by atoms with Gasteiger partial charge in [-0.05, 0) is 63.0 Å². The number of fused-ring (bicyclic) bond motifs is 13. The van der Waals surface area contributed by atoms with Crippen LogP contribution in [0, 0.1) is 0 Å². The van der Waals surface area contributed by atoms with E-state index in [4.69, 9.17) is 19.7 Å². The number of hydrogen-bond acceptors (Lipinski definition) is 4. The molecular formula is C60H37N3O. The lowest BCUT2D eigenvalue weighted by atomic mass is 9.65. The highest BCUT2D eigenvalue weighted by Crippen LogP contribution is 2.63. The largest absolute Gasteiger partial charge is 0.456 e. The zero-order valence-electron chi connectivity index (χ0n) is 34.6. The average Bonchev–Trinajstić information content (AvgIpc) is 3.67. The van der Waals surface area contributed by atoms with Gasteiger partial charge >= 0.3 is 0 Å². The lowest BCUT2D eigenvalue weighted by molar-refractivity contribution is 0.442. The van der Waals surface area contributed by atoms with Crippen LogP contribution in [0.4, 0.5) is 0 Å². The molecule has 0 fully saturated rings. The summed E-state index contributed by atoms with van der Waals surface area (Å²) in [5.74, 6) is 2.41. The first-order valence-corrected chi connectivity index (χ1v) is 21.8. The summed E-state index contributed by atoms with van der Waals surface area (Å²) < 4.78 is 7.21. The molecule has 0 bridgehead atoms. The van der Waals surface area contributed by atoms with Crippen LogP contribution >= 0.6 is 0 Å². The fraction of sp³-hybridized carbons (Fsp3) is 0.0167. The van der Waals surface area contributed by atoms with E-state index in [0.29, 0.717) is 5.82 Å². The van der Waals surface area contributed by atoms with Gasteiger partial charge in [-0.1, -0.05) is 200 Å². The van der Waals surface area contributed by atoms with Crippen molar-refractivity contribution in [2.75, 3.05) is 0 Å². The minimum atomic E-state index is -0.578. The quantitative estimate of drug-likeness (QED) is 0.162. The Bertz CT molecular complexity index is 3530. The number of pyridine rings is 1. The third kappa shape index (κ3) is 5.46. The first kappa shape index (κ1) is 36.2. The van der Waals surface area contributed by atoms with Crippen LogP contribution in [0.5, 0.6) is 11.5 Å². The maximum absolute atomic E-state index is 7.21. The molecule has 64 heavy (non-hydrogen) atoms. The summed E-state index contributed by atoms with van der Waals surface area (Å²) in [4.78, 5) is 15.6. The van der Waals surface area contributed by atoms with Gasteiger partial charge in [-0.25, -0.2) is 15.0 Å². The van der Waals surface area contributed by atoms with Crippen LogP contribution in [0.15, 0.2) is 224 Å². The second-order valence-electron chi connectivity index (χ2n) is 16.6. The van der Waals surface area contributed by atoms with Gasteiger partial charge in [0.05, 0.1) is 33.4 Å². The van der Waals surface area contributed by atoms with Crippen molar-refractivity contribution in [3.63, 3.8) is 0 Å². The molecule has 0 unspecified atom stereocenters. The summed E-state index contributed by atoms with van der Waals surface area (Å²) >= 11 is 0. The van der Waals surface area contributed by atoms with Crippen molar-refractivity contribution in [2.45, 2.75) is 5.41 Å². The number of aromatic nitrogens is 3. The predicted octanol–water partition coefficient (Wildman–Crippen LogP) is 15.0. The summed E-state index contributed by atoms with van der Waals surface area (Å²) in [6.07, 6.45) is 0. The van der Waals surface area contributed by atoms with Crippen molar-refractivity contribution in [1.29, 1.82) is 0 Å². The molecule has 3 heterocycles. The number of benzene rings is 9.